The number of carbonyl (C=O) groups is 1. The summed E-state index contributed by atoms with van der Waals surface area (Å²) in [7, 11) is 0. The second-order valence-corrected chi connectivity index (χ2v) is 5.09. The summed E-state index contributed by atoms with van der Waals surface area (Å²) >= 11 is 1.62. The molecule has 0 saturated carbocycles. The summed E-state index contributed by atoms with van der Waals surface area (Å²) in [5.41, 5.74) is 8.56. The molecule has 1 fully saturated rings. The first kappa shape index (κ1) is 18.6. The first-order chi connectivity index (χ1) is 8.16. The predicted molar refractivity (Wildman–Crippen MR) is 82.1 cm³/mol. The van der Waals surface area contributed by atoms with Gasteiger partial charge in [-0.15, -0.1) is 36.2 Å². The number of amides is 1. The van der Waals surface area contributed by atoms with E-state index in [0.717, 1.165) is 38.4 Å². The molecule has 2 rings (SSSR count). The summed E-state index contributed by atoms with van der Waals surface area (Å²) in [5, 5.41) is 2.07. The number of aromatic nitrogens is 1. The Balaban J connectivity index is 0.00000162. The summed E-state index contributed by atoms with van der Waals surface area (Å²) in [4.78, 5) is 20.1. The summed E-state index contributed by atoms with van der Waals surface area (Å²) in [6.45, 7) is 5.95. The van der Waals surface area contributed by atoms with Crippen molar-refractivity contribution in [3.63, 3.8) is 0 Å². The number of hydrogen-bond donors (Lipinski definition) is 1. The number of hydrogen-bond acceptors (Lipinski definition) is 5. The van der Waals surface area contributed by atoms with Crippen LogP contribution in [0, 0.1) is 0 Å². The molecule has 1 saturated heterocycles. The molecule has 0 radical (unpaired) electrons. The van der Waals surface area contributed by atoms with E-state index in [0.29, 0.717) is 0 Å². The zero-order valence-electron chi connectivity index (χ0n) is 10.8. The van der Waals surface area contributed by atoms with Crippen molar-refractivity contribution >= 4 is 42.1 Å². The largest absolute Gasteiger partial charge is 0.339 e. The van der Waals surface area contributed by atoms with E-state index in [1.165, 1.54) is 0 Å². The van der Waals surface area contributed by atoms with Gasteiger partial charge in [-0.1, -0.05) is 0 Å². The molecule has 19 heavy (non-hydrogen) atoms. The first-order valence-corrected chi connectivity index (χ1v) is 6.75. The lowest BCUT2D eigenvalue weighted by molar-refractivity contribution is -0.134. The van der Waals surface area contributed by atoms with Crippen LogP contribution in [0.5, 0.6) is 0 Å². The highest BCUT2D eigenvalue weighted by atomic mass is 35.5. The van der Waals surface area contributed by atoms with Gasteiger partial charge in [-0.3, -0.25) is 9.69 Å². The van der Waals surface area contributed by atoms with E-state index < -0.39 is 0 Å². The zero-order chi connectivity index (χ0) is 12.3. The van der Waals surface area contributed by atoms with Crippen LogP contribution < -0.4 is 5.73 Å². The van der Waals surface area contributed by atoms with Gasteiger partial charge >= 0.3 is 0 Å². The lowest BCUT2D eigenvalue weighted by atomic mass is 10.2. The van der Waals surface area contributed by atoms with E-state index in [1.807, 2.05) is 10.4 Å². The van der Waals surface area contributed by atoms with Gasteiger partial charge in [0.15, 0.2) is 0 Å². The number of thiazole rings is 1. The molecular formula is C11H20Cl2N4OS. The van der Waals surface area contributed by atoms with E-state index in [2.05, 4.69) is 15.3 Å². The SMILES string of the molecule is C[C@@H](N)C(=O)N1CCN(Cc2cscn2)CC1.Cl.Cl. The second kappa shape index (κ2) is 8.71. The summed E-state index contributed by atoms with van der Waals surface area (Å²) in [5.74, 6) is 0.0540. The van der Waals surface area contributed by atoms with Crippen molar-refractivity contribution in [2.75, 3.05) is 26.2 Å². The van der Waals surface area contributed by atoms with Crippen molar-refractivity contribution in [2.24, 2.45) is 5.73 Å². The fraction of sp³-hybridized carbons (Fsp3) is 0.636. The molecule has 0 bridgehead atoms. The molecular weight excluding hydrogens is 307 g/mol. The number of nitrogens with two attached hydrogens (primary N) is 1. The van der Waals surface area contributed by atoms with Crippen molar-refractivity contribution < 1.29 is 4.79 Å². The van der Waals surface area contributed by atoms with E-state index in [4.69, 9.17) is 5.73 Å². The van der Waals surface area contributed by atoms with E-state index in [9.17, 15) is 4.79 Å². The monoisotopic (exact) mass is 326 g/mol. The molecule has 0 aromatic carbocycles. The molecule has 0 spiro atoms. The number of piperazine rings is 1. The van der Waals surface area contributed by atoms with Crippen molar-refractivity contribution in [2.45, 2.75) is 19.5 Å². The topological polar surface area (TPSA) is 62.5 Å². The smallest absolute Gasteiger partial charge is 0.239 e. The Morgan fingerprint density at radius 2 is 2.05 bits per heavy atom. The Morgan fingerprint density at radius 1 is 1.42 bits per heavy atom. The van der Waals surface area contributed by atoms with Gasteiger partial charge in [0.1, 0.15) is 0 Å². The van der Waals surface area contributed by atoms with Crippen LogP contribution in [-0.2, 0) is 11.3 Å². The normalized spacial score (nSPS) is 17.3. The van der Waals surface area contributed by atoms with Gasteiger partial charge < -0.3 is 10.6 Å². The van der Waals surface area contributed by atoms with Crippen molar-refractivity contribution in [1.82, 2.24) is 14.8 Å². The van der Waals surface area contributed by atoms with Crippen LogP contribution in [-0.4, -0.2) is 52.9 Å². The van der Waals surface area contributed by atoms with Gasteiger partial charge in [-0.25, -0.2) is 4.98 Å². The molecule has 1 aromatic rings. The van der Waals surface area contributed by atoms with Crippen LogP contribution in [0.2, 0.25) is 0 Å². The fourth-order valence-corrected chi connectivity index (χ4v) is 2.51. The van der Waals surface area contributed by atoms with Crippen molar-refractivity contribution in [3.8, 4) is 0 Å². The molecule has 5 nitrogen and oxygen atoms in total. The standard InChI is InChI=1S/C11H18N4OS.2ClH/c1-9(12)11(16)15-4-2-14(3-5-15)6-10-7-17-8-13-10;;/h7-9H,2-6,12H2,1H3;2*1H/t9-;;/m1../s1. The first-order valence-electron chi connectivity index (χ1n) is 5.80. The number of rotatable bonds is 3. The predicted octanol–water partition coefficient (Wildman–Crippen LogP) is 0.978. The van der Waals surface area contributed by atoms with E-state index in [1.54, 1.807) is 18.3 Å². The molecule has 1 aliphatic heterocycles. The minimum atomic E-state index is -0.389. The Labute approximate surface area is 130 Å². The van der Waals surface area contributed by atoms with Gasteiger partial charge in [0.25, 0.3) is 0 Å². The van der Waals surface area contributed by atoms with Gasteiger partial charge in [0.2, 0.25) is 5.91 Å². The third kappa shape index (κ3) is 5.24. The van der Waals surface area contributed by atoms with Crippen molar-refractivity contribution in [1.29, 1.82) is 0 Å². The molecule has 1 amide bonds. The van der Waals surface area contributed by atoms with E-state index in [-0.39, 0.29) is 36.8 Å². The lowest BCUT2D eigenvalue weighted by Gasteiger charge is -2.35. The number of nitrogens with zero attached hydrogens (tertiary/aromatic N) is 3. The number of halogens is 2. The van der Waals surface area contributed by atoms with Crippen LogP contribution in [0.1, 0.15) is 12.6 Å². The second-order valence-electron chi connectivity index (χ2n) is 4.37. The van der Waals surface area contributed by atoms with Crippen LogP contribution >= 0.6 is 36.2 Å². The Morgan fingerprint density at radius 3 is 2.53 bits per heavy atom. The minimum Gasteiger partial charge on any atom is -0.339 e. The summed E-state index contributed by atoms with van der Waals surface area (Å²) in [6, 6.07) is -0.389. The van der Waals surface area contributed by atoms with Crippen LogP contribution in [0.4, 0.5) is 0 Å². The lowest BCUT2D eigenvalue weighted by Crippen LogP contribution is -2.52. The number of carbonyl (C=O) groups excluding carboxylic acids is 1. The average Bonchev–Trinajstić information content (AvgIpc) is 2.82. The third-order valence-corrected chi connectivity index (χ3v) is 3.58. The molecule has 2 N–H and O–H groups in total. The summed E-state index contributed by atoms with van der Waals surface area (Å²) in [6.07, 6.45) is 0. The zero-order valence-corrected chi connectivity index (χ0v) is 13.3. The Kier molecular flexibility index (Phi) is 8.52. The maximum Gasteiger partial charge on any atom is 0.239 e. The van der Waals surface area contributed by atoms with E-state index >= 15 is 0 Å². The highest BCUT2D eigenvalue weighted by molar-refractivity contribution is 7.07. The van der Waals surface area contributed by atoms with Gasteiger partial charge in [0, 0.05) is 38.1 Å². The van der Waals surface area contributed by atoms with Gasteiger partial charge in [-0.2, -0.15) is 0 Å². The minimum absolute atomic E-state index is 0. The van der Waals surface area contributed by atoms with Crippen molar-refractivity contribution in [3.05, 3.63) is 16.6 Å². The average molecular weight is 327 g/mol. The maximum absolute atomic E-state index is 11.7. The van der Waals surface area contributed by atoms with Gasteiger partial charge in [0.05, 0.1) is 17.2 Å². The molecule has 2 heterocycles. The third-order valence-electron chi connectivity index (χ3n) is 2.94. The maximum atomic E-state index is 11.7. The van der Waals surface area contributed by atoms with Crippen LogP contribution in [0.3, 0.4) is 0 Å². The molecule has 1 aromatic heterocycles. The quantitative estimate of drug-likeness (QED) is 0.899. The Bertz CT molecular complexity index is 367. The van der Waals surface area contributed by atoms with Crippen LogP contribution in [0.25, 0.3) is 0 Å². The Hall–Kier alpha value is -0.400. The molecule has 0 unspecified atom stereocenters. The van der Waals surface area contributed by atoms with Crippen LogP contribution in [0.15, 0.2) is 10.9 Å². The summed E-state index contributed by atoms with van der Waals surface area (Å²) < 4.78 is 0. The molecule has 1 atom stereocenters. The highest BCUT2D eigenvalue weighted by Crippen LogP contribution is 2.09. The van der Waals surface area contributed by atoms with Gasteiger partial charge in [-0.05, 0) is 6.92 Å². The molecule has 0 aliphatic carbocycles. The molecule has 8 heteroatoms. The molecule has 110 valence electrons. The molecule has 1 aliphatic rings. The fourth-order valence-electron chi connectivity index (χ4n) is 1.96. The highest BCUT2D eigenvalue weighted by Gasteiger charge is 2.23.